The van der Waals surface area contributed by atoms with Gasteiger partial charge in [0.15, 0.2) is 0 Å². The van der Waals surface area contributed by atoms with Crippen molar-refractivity contribution in [1.82, 2.24) is 19.0 Å². The van der Waals surface area contributed by atoms with E-state index in [0.29, 0.717) is 42.6 Å². The summed E-state index contributed by atoms with van der Waals surface area (Å²) in [7, 11) is -3.59. The van der Waals surface area contributed by atoms with Crippen molar-refractivity contribution in [2.45, 2.75) is 24.8 Å². The minimum absolute atomic E-state index is 0.000934. The number of hydrogen-bond acceptors (Lipinski definition) is 6. The van der Waals surface area contributed by atoms with E-state index in [4.69, 9.17) is 0 Å². The number of hydrogen-bond donors (Lipinski definition) is 2. The molecular weight excluding hydrogens is 458 g/mol. The number of aryl methyl sites for hydroxylation is 1. The molecule has 0 atom stereocenters. The van der Waals surface area contributed by atoms with E-state index in [0.717, 1.165) is 11.2 Å². The van der Waals surface area contributed by atoms with Gasteiger partial charge in [-0.1, -0.05) is 19.1 Å². The van der Waals surface area contributed by atoms with Crippen LogP contribution in [0.1, 0.15) is 13.3 Å². The Morgan fingerprint density at radius 3 is 2.26 bits per heavy atom. The number of piperazine rings is 1. The zero-order valence-corrected chi connectivity index (χ0v) is 19.7. The van der Waals surface area contributed by atoms with Crippen LogP contribution in [0.3, 0.4) is 0 Å². The summed E-state index contributed by atoms with van der Waals surface area (Å²) >= 11 is 0. The third kappa shape index (κ3) is 4.96. The van der Waals surface area contributed by atoms with Crippen LogP contribution in [0, 0.1) is 0 Å². The van der Waals surface area contributed by atoms with E-state index in [1.165, 1.54) is 28.6 Å². The van der Waals surface area contributed by atoms with Gasteiger partial charge in [0.05, 0.1) is 22.2 Å². The molecule has 2 N–H and O–H groups in total. The molecule has 34 heavy (non-hydrogen) atoms. The lowest BCUT2D eigenvalue weighted by Gasteiger charge is -2.33. The molecule has 180 valence electrons. The first kappa shape index (κ1) is 23.9. The quantitative estimate of drug-likeness (QED) is 0.515. The van der Waals surface area contributed by atoms with Gasteiger partial charge in [0.2, 0.25) is 15.9 Å². The Morgan fingerprint density at radius 1 is 0.971 bits per heavy atom. The minimum Gasteiger partial charge on any atom is -0.326 e. The summed E-state index contributed by atoms with van der Waals surface area (Å²) in [6.07, 6.45) is -0.0457. The molecule has 1 saturated heterocycles. The average molecular weight is 486 g/mol. The van der Waals surface area contributed by atoms with Crippen molar-refractivity contribution >= 4 is 32.4 Å². The second-order valence-corrected chi connectivity index (χ2v) is 10.0. The first-order valence-corrected chi connectivity index (χ1v) is 12.6. The number of amides is 1. The molecule has 0 saturated carbocycles. The molecule has 1 fully saturated rings. The summed E-state index contributed by atoms with van der Waals surface area (Å²) in [5.74, 6) is -0.368. The Morgan fingerprint density at radius 2 is 1.62 bits per heavy atom. The summed E-state index contributed by atoms with van der Waals surface area (Å²) in [6.45, 7) is 5.26. The highest BCUT2D eigenvalue weighted by Crippen LogP contribution is 2.20. The van der Waals surface area contributed by atoms with Gasteiger partial charge >= 0.3 is 0 Å². The third-order valence-electron chi connectivity index (χ3n) is 6.00. The van der Waals surface area contributed by atoms with Gasteiger partial charge in [-0.25, -0.2) is 13.1 Å². The molecule has 11 heteroatoms. The smallest absolute Gasteiger partial charge is 0.273 e. The van der Waals surface area contributed by atoms with Gasteiger partial charge in [0, 0.05) is 38.3 Å². The Balaban J connectivity index is 1.38. The molecule has 1 aromatic heterocycles. The number of benzene rings is 2. The number of rotatable bonds is 7. The Hall–Kier alpha value is -3.28. The second-order valence-electron chi connectivity index (χ2n) is 8.10. The molecule has 0 radical (unpaired) electrons. The number of nitrogens with one attached hydrogen (secondary N) is 2. The SMILES string of the molecule is CCN1CCN(S(=O)(=O)c2ccc(NC(=O)CCn3[nH]c(=O)c4ccccc4c3=O)cc2)CC1. The standard InChI is InChI=1S/C23H27N5O5S/c1-2-26-13-15-27(16-14-26)34(32,33)18-9-7-17(8-10-18)24-21(29)11-12-28-23(31)20-6-4-3-5-19(20)22(30)25-28/h3-10H,2,11-16H2,1H3,(H,24,29)(H,25,30). The first-order valence-electron chi connectivity index (χ1n) is 11.1. The molecule has 0 bridgehead atoms. The van der Waals surface area contributed by atoms with Gasteiger partial charge in [-0.2, -0.15) is 4.31 Å². The average Bonchev–Trinajstić information content (AvgIpc) is 2.86. The summed E-state index contributed by atoms with van der Waals surface area (Å²) in [4.78, 5) is 39.5. The Kier molecular flexibility index (Phi) is 6.96. The number of carbonyl (C=O) groups is 1. The third-order valence-corrected chi connectivity index (χ3v) is 7.91. The van der Waals surface area contributed by atoms with E-state index >= 15 is 0 Å². The van der Waals surface area contributed by atoms with Crippen LogP contribution in [-0.2, 0) is 21.4 Å². The zero-order chi connectivity index (χ0) is 24.3. The van der Waals surface area contributed by atoms with Crippen molar-refractivity contribution < 1.29 is 13.2 Å². The van der Waals surface area contributed by atoms with Crippen molar-refractivity contribution in [3.63, 3.8) is 0 Å². The number of H-pyrrole nitrogens is 1. The molecule has 4 rings (SSSR count). The number of sulfonamides is 1. The van der Waals surface area contributed by atoms with Crippen molar-refractivity contribution in [2.24, 2.45) is 0 Å². The molecule has 3 aromatic rings. The van der Waals surface area contributed by atoms with Crippen molar-refractivity contribution in [3.05, 3.63) is 69.2 Å². The van der Waals surface area contributed by atoms with E-state index < -0.39 is 15.6 Å². The van der Waals surface area contributed by atoms with Crippen molar-refractivity contribution in [1.29, 1.82) is 0 Å². The number of nitrogens with zero attached hydrogens (tertiary/aromatic N) is 3. The van der Waals surface area contributed by atoms with E-state index in [9.17, 15) is 22.8 Å². The van der Waals surface area contributed by atoms with Gasteiger partial charge in [0.25, 0.3) is 11.1 Å². The van der Waals surface area contributed by atoms with E-state index in [1.54, 1.807) is 24.3 Å². The summed E-state index contributed by atoms with van der Waals surface area (Å²) < 4.78 is 28.4. The zero-order valence-electron chi connectivity index (χ0n) is 18.9. The van der Waals surface area contributed by atoms with Crippen LogP contribution in [0.25, 0.3) is 10.8 Å². The summed E-state index contributed by atoms with van der Waals surface area (Å²) in [6, 6.07) is 12.5. The van der Waals surface area contributed by atoms with Crippen LogP contribution in [0.2, 0.25) is 0 Å². The molecule has 2 aromatic carbocycles. The second kappa shape index (κ2) is 9.92. The van der Waals surface area contributed by atoms with Crippen LogP contribution in [-0.4, -0.2) is 66.0 Å². The number of likely N-dealkylation sites (N-methyl/N-ethyl adjacent to an activating group) is 1. The fourth-order valence-corrected chi connectivity index (χ4v) is 5.41. The minimum atomic E-state index is -3.59. The van der Waals surface area contributed by atoms with Crippen molar-refractivity contribution in [2.75, 3.05) is 38.0 Å². The number of fused-ring (bicyclic) bond motifs is 1. The number of carbonyl (C=O) groups excluding carboxylic acids is 1. The number of aromatic amines is 1. The Bertz CT molecular complexity index is 1400. The van der Waals surface area contributed by atoms with Crippen molar-refractivity contribution in [3.8, 4) is 0 Å². The van der Waals surface area contributed by atoms with Gasteiger partial charge < -0.3 is 10.2 Å². The molecule has 1 aliphatic heterocycles. The maximum Gasteiger partial charge on any atom is 0.273 e. The predicted molar refractivity (Wildman–Crippen MR) is 129 cm³/mol. The fourth-order valence-electron chi connectivity index (χ4n) is 3.99. The first-order chi connectivity index (χ1) is 16.3. The maximum absolute atomic E-state index is 12.9. The molecule has 2 heterocycles. The molecule has 0 spiro atoms. The van der Waals surface area contributed by atoms with Gasteiger partial charge in [-0.3, -0.25) is 19.5 Å². The van der Waals surface area contributed by atoms with E-state index in [2.05, 4.69) is 22.2 Å². The number of anilines is 1. The monoisotopic (exact) mass is 485 g/mol. The summed E-state index contributed by atoms with van der Waals surface area (Å²) in [5.41, 5.74) is -0.333. The molecular formula is C23H27N5O5S. The van der Waals surface area contributed by atoms with E-state index in [-0.39, 0.29) is 29.3 Å². The molecule has 10 nitrogen and oxygen atoms in total. The van der Waals surface area contributed by atoms with Gasteiger partial charge in [0.1, 0.15) is 0 Å². The molecule has 0 aliphatic carbocycles. The predicted octanol–water partition coefficient (Wildman–Crippen LogP) is 1.04. The maximum atomic E-state index is 12.9. The highest BCUT2D eigenvalue weighted by molar-refractivity contribution is 7.89. The Labute approximate surface area is 196 Å². The fraction of sp³-hybridized carbons (Fsp3) is 0.348. The van der Waals surface area contributed by atoms with Crippen LogP contribution in [0.5, 0.6) is 0 Å². The highest BCUT2D eigenvalue weighted by Gasteiger charge is 2.27. The van der Waals surface area contributed by atoms with Crippen LogP contribution < -0.4 is 16.4 Å². The topological polar surface area (TPSA) is 125 Å². The number of aromatic nitrogens is 2. The highest BCUT2D eigenvalue weighted by atomic mass is 32.2. The largest absolute Gasteiger partial charge is 0.326 e. The summed E-state index contributed by atoms with van der Waals surface area (Å²) in [5, 5.41) is 5.78. The van der Waals surface area contributed by atoms with Crippen LogP contribution >= 0.6 is 0 Å². The molecule has 0 unspecified atom stereocenters. The lowest BCUT2D eigenvalue weighted by Crippen LogP contribution is -2.48. The molecule has 1 amide bonds. The van der Waals surface area contributed by atoms with Crippen LogP contribution in [0.4, 0.5) is 5.69 Å². The normalized spacial score (nSPS) is 15.4. The molecule has 1 aliphatic rings. The lowest BCUT2D eigenvalue weighted by atomic mass is 10.2. The van der Waals surface area contributed by atoms with Gasteiger partial charge in [-0.15, -0.1) is 0 Å². The van der Waals surface area contributed by atoms with E-state index in [1.807, 2.05) is 0 Å². The van der Waals surface area contributed by atoms with Crippen LogP contribution in [0.15, 0.2) is 63.0 Å². The lowest BCUT2D eigenvalue weighted by molar-refractivity contribution is -0.116. The van der Waals surface area contributed by atoms with Gasteiger partial charge in [-0.05, 0) is 42.9 Å².